The van der Waals surface area contributed by atoms with Gasteiger partial charge in [-0.25, -0.2) is 0 Å². The Kier molecular flexibility index (Phi) is 8.06. The molecule has 1 atom stereocenters. The Balaban J connectivity index is 0.00000243. The summed E-state index contributed by atoms with van der Waals surface area (Å²) in [6, 6.07) is 12.5. The zero-order chi connectivity index (χ0) is 17.6. The van der Waals surface area contributed by atoms with E-state index in [4.69, 9.17) is 21.9 Å². The monoisotopic (exact) mass is 412 g/mol. The van der Waals surface area contributed by atoms with Gasteiger partial charge in [0.2, 0.25) is 5.89 Å². The minimum Gasteiger partial charge on any atom is -0.338 e. The maximum absolute atomic E-state index is 6.00. The molecule has 0 fully saturated rings. The third kappa shape index (κ3) is 5.79. The topological polar surface area (TPSA) is 68.2 Å². The van der Waals surface area contributed by atoms with E-state index >= 15 is 0 Å². The largest absolute Gasteiger partial charge is 0.338 e. The minimum atomic E-state index is 0. The van der Waals surface area contributed by atoms with Crippen LogP contribution >= 0.6 is 35.3 Å². The van der Waals surface area contributed by atoms with E-state index in [1.807, 2.05) is 12.1 Å². The summed E-state index contributed by atoms with van der Waals surface area (Å²) >= 11 is 7.78. The van der Waals surface area contributed by atoms with Crippen molar-refractivity contribution in [3.05, 3.63) is 69.0 Å². The number of rotatable bonds is 8. The molecule has 0 radical (unpaired) electrons. The summed E-state index contributed by atoms with van der Waals surface area (Å²) < 4.78 is 5.14. The first-order valence-electron chi connectivity index (χ1n) is 8.16. The first-order valence-corrected chi connectivity index (χ1v) is 9.42. The van der Waals surface area contributed by atoms with E-state index in [2.05, 4.69) is 51.6 Å². The van der Waals surface area contributed by atoms with Crippen LogP contribution in [0.1, 0.15) is 29.1 Å². The lowest BCUT2D eigenvalue weighted by Crippen LogP contribution is -2.34. The first kappa shape index (κ1) is 20.9. The second-order valence-corrected chi connectivity index (χ2v) is 7.44. The van der Waals surface area contributed by atoms with Crippen LogP contribution in [0.2, 0.25) is 5.02 Å². The quantitative estimate of drug-likeness (QED) is 0.597. The lowest BCUT2D eigenvalue weighted by Gasteiger charge is -2.28. The molecule has 0 amide bonds. The Hall–Kier alpha value is -1.44. The molecular formula is C18H22Cl2N4OS. The number of halogens is 2. The van der Waals surface area contributed by atoms with E-state index in [1.165, 1.54) is 10.4 Å². The van der Waals surface area contributed by atoms with E-state index in [0.29, 0.717) is 24.3 Å². The van der Waals surface area contributed by atoms with Crippen molar-refractivity contribution < 1.29 is 4.52 Å². The van der Waals surface area contributed by atoms with Crippen molar-refractivity contribution >= 4 is 35.3 Å². The zero-order valence-electron chi connectivity index (χ0n) is 14.5. The molecule has 0 saturated heterocycles. The second-order valence-electron chi connectivity index (χ2n) is 5.97. The summed E-state index contributed by atoms with van der Waals surface area (Å²) in [5.74, 6) is 1.12. The van der Waals surface area contributed by atoms with Crippen LogP contribution < -0.4 is 5.73 Å². The predicted molar refractivity (Wildman–Crippen MR) is 108 cm³/mol. The zero-order valence-corrected chi connectivity index (χ0v) is 16.9. The number of benzene rings is 1. The molecule has 2 N–H and O–H groups in total. The van der Waals surface area contributed by atoms with Crippen molar-refractivity contribution in [1.29, 1.82) is 0 Å². The van der Waals surface area contributed by atoms with Gasteiger partial charge in [-0.15, -0.1) is 23.7 Å². The van der Waals surface area contributed by atoms with Crippen LogP contribution in [0.5, 0.6) is 0 Å². The first-order chi connectivity index (χ1) is 12.1. The van der Waals surface area contributed by atoms with E-state index in [9.17, 15) is 0 Å². The third-order valence-electron chi connectivity index (χ3n) is 4.03. The number of hydrogen-bond donors (Lipinski definition) is 1. The predicted octanol–water partition coefficient (Wildman–Crippen LogP) is 4.30. The van der Waals surface area contributed by atoms with Crippen molar-refractivity contribution in [1.82, 2.24) is 15.0 Å². The number of aromatic nitrogens is 2. The fourth-order valence-corrected chi connectivity index (χ4v) is 3.61. The maximum atomic E-state index is 6.00. The Bertz CT molecular complexity index is 777. The van der Waals surface area contributed by atoms with Crippen LogP contribution in [0, 0.1) is 0 Å². The minimum absolute atomic E-state index is 0. The molecule has 0 bridgehead atoms. The van der Waals surface area contributed by atoms with Gasteiger partial charge in [0.1, 0.15) is 0 Å². The van der Waals surface area contributed by atoms with Gasteiger partial charge in [-0.3, -0.25) is 4.90 Å². The van der Waals surface area contributed by atoms with E-state index in [0.717, 1.165) is 18.0 Å². The number of nitrogens with zero attached hydrogens (tertiary/aromatic N) is 3. The summed E-state index contributed by atoms with van der Waals surface area (Å²) in [5, 5.41) is 6.89. The van der Waals surface area contributed by atoms with Crippen molar-refractivity contribution in [2.75, 3.05) is 0 Å². The number of nitrogens with two attached hydrogens (primary N) is 1. The van der Waals surface area contributed by atoms with Crippen LogP contribution in [0.4, 0.5) is 0 Å². The molecule has 8 heteroatoms. The van der Waals surface area contributed by atoms with E-state index < -0.39 is 0 Å². The molecule has 26 heavy (non-hydrogen) atoms. The van der Waals surface area contributed by atoms with Crippen molar-refractivity contribution in [3.63, 3.8) is 0 Å². The van der Waals surface area contributed by atoms with E-state index in [1.54, 1.807) is 11.3 Å². The van der Waals surface area contributed by atoms with Gasteiger partial charge in [-0.1, -0.05) is 35.0 Å². The molecule has 3 aromatic rings. The van der Waals surface area contributed by atoms with Crippen molar-refractivity contribution in [3.8, 4) is 0 Å². The fourth-order valence-electron chi connectivity index (χ4n) is 2.66. The highest BCUT2D eigenvalue weighted by Gasteiger charge is 2.18. The SMILES string of the molecule is CC(Cc1cccs1)N(Cc1ccc(Cl)cc1)Cc1noc(CN)n1.Cl. The maximum Gasteiger partial charge on any atom is 0.240 e. The Labute approximate surface area is 168 Å². The summed E-state index contributed by atoms with van der Waals surface area (Å²) in [7, 11) is 0. The van der Waals surface area contributed by atoms with Crippen LogP contribution in [0.3, 0.4) is 0 Å². The highest BCUT2D eigenvalue weighted by Crippen LogP contribution is 2.19. The Morgan fingerprint density at radius 2 is 2.00 bits per heavy atom. The summed E-state index contributed by atoms with van der Waals surface area (Å²) in [6.07, 6.45) is 0.979. The van der Waals surface area contributed by atoms with Crippen LogP contribution in [0.15, 0.2) is 46.3 Å². The molecule has 2 aromatic heterocycles. The van der Waals surface area contributed by atoms with Gasteiger partial charge in [-0.05, 0) is 42.5 Å². The van der Waals surface area contributed by atoms with E-state index in [-0.39, 0.29) is 19.0 Å². The molecule has 1 unspecified atom stereocenters. The van der Waals surface area contributed by atoms with Gasteiger partial charge >= 0.3 is 0 Å². The van der Waals surface area contributed by atoms with Crippen LogP contribution in [-0.4, -0.2) is 21.1 Å². The molecule has 0 aliphatic heterocycles. The molecule has 0 aliphatic carbocycles. The molecule has 1 aromatic carbocycles. The second kappa shape index (κ2) is 10.0. The van der Waals surface area contributed by atoms with Gasteiger partial charge in [0.05, 0.1) is 13.1 Å². The van der Waals surface area contributed by atoms with Gasteiger partial charge in [0, 0.05) is 22.5 Å². The molecule has 5 nitrogen and oxygen atoms in total. The average Bonchev–Trinajstić information content (AvgIpc) is 3.28. The van der Waals surface area contributed by atoms with Crippen molar-refractivity contribution in [2.24, 2.45) is 5.73 Å². The number of thiophene rings is 1. The van der Waals surface area contributed by atoms with Gasteiger partial charge in [0.25, 0.3) is 0 Å². The molecule has 0 aliphatic rings. The summed E-state index contributed by atoms with van der Waals surface area (Å²) in [6.45, 7) is 3.88. The average molecular weight is 413 g/mol. The molecule has 140 valence electrons. The Morgan fingerprint density at radius 1 is 1.23 bits per heavy atom. The highest BCUT2D eigenvalue weighted by atomic mass is 35.5. The lowest BCUT2D eigenvalue weighted by molar-refractivity contribution is 0.183. The number of hydrogen-bond acceptors (Lipinski definition) is 6. The smallest absolute Gasteiger partial charge is 0.240 e. The fraction of sp³-hybridized carbons (Fsp3) is 0.333. The highest BCUT2D eigenvalue weighted by molar-refractivity contribution is 7.09. The van der Waals surface area contributed by atoms with Crippen molar-refractivity contribution in [2.45, 2.75) is 39.0 Å². The molecule has 3 rings (SSSR count). The van der Waals surface area contributed by atoms with Crippen LogP contribution in [0.25, 0.3) is 0 Å². The molecule has 0 saturated carbocycles. The normalized spacial score (nSPS) is 12.2. The Morgan fingerprint density at radius 3 is 2.62 bits per heavy atom. The third-order valence-corrected chi connectivity index (χ3v) is 5.18. The molecule has 2 heterocycles. The standard InChI is InChI=1S/C18H21ClN4OS.ClH/c1-13(9-16-3-2-8-25-16)23(11-14-4-6-15(19)7-5-14)12-17-21-18(10-20)24-22-17;/h2-8,13H,9-12,20H2,1H3;1H. The van der Waals surface area contributed by atoms with Gasteiger partial charge in [0.15, 0.2) is 5.82 Å². The van der Waals surface area contributed by atoms with Crippen LogP contribution in [-0.2, 0) is 26.1 Å². The lowest BCUT2D eigenvalue weighted by atomic mass is 10.1. The summed E-state index contributed by atoms with van der Waals surface area (Å²) in [5.41, 5.74) is 6.76. The molecule has 0 spiro atoms. The molecular weight excluding hydrogens is 391 g/mol. The summed E-state index contributed by atoms with van der Waals surface area (Å²) in [4.78, 5) is 8.05. The van der Waals surface area contributed by atoms with Gasteiger partial charge < -0.3 is 10.3 Å². The van der Waals surface area contributed by atoms with Gasteiger partial charge in [-0.2, -0.15) is 4.98 Å².